The van der Waals surface area contributed by atoms with E-state index in [0.29, 0.717) is 24.4 Å². The summed E-state index contributed by atoms with van der Waals surface area (Å²) in [5.74, 6) is -0.112. The molecule has 7 heteroatoms. The second kappa shape index (κ2) is 8.41. The number of methoxy groups -OCH3 is 1. The number of hydrogen-bond donors (Lipinski definition) is 0. The highest BCUT2D eigenvalue weighted by Crippen LogP contribution is 2.41. The largest absolute Gasteiger partial charge is 0.497 e. The summed E-state index contributed by atoms with van der Waals surface area (Å²) in [6.45, 7) is 2.63. The van der Waals surface area contributed by atoms with Gasteiger partial charge in [-0.1, -0.05) is 30.3 Å². The molecule has 0 spiro atoms. The van der Waals surface area contributed by atoms with Crippen LogP contribution in [-0.4, -0.2) is 67.9 Å². The average molecular weight is 421 g/mol. The van der Waals surface area contributed by atoms with E-state index in [-0.39, 0.29) is 30.6 Å². The number of carbonyl (C=O) groups excluding carboxylic acids is 3. The molecule has 0 aliphatic carbocycles. The minimum atomic E-state index is -1.19. The van der Waals surface area contributed by atoms with Crippen LogP contribution in [0.25, 0.3) is 0 Å². The number of amides is 3. The third kappa shape index (κ3) is 3.87. The van der Waals surface area contributed by atoms with Gasteiger partial charge in [0.2, 0.25) is 17.7 Å². The molecule has 2 fully saturated rings. The monoisotopic (exact) mass is 421 g/mol. The zero-order chi connectivity index (χ0) is 22.0. The van der Waals surface area contributed by atoms with Gasteiger partial charge in [-0.25, -0.2) is 0 Å². The maximum absolute atomic E-state index is 13.3. The Hall–Kier alpha value is -3.35. The van der Waals surface area contributed by atoms with Gasteiger partial charge in [-0.05, 0) is 29.8 Å². The van der Waals surface area contributed by atoms with Gasteiger partial charge in [-0.3, -0.25) is 19.3 Å². The van der Waals surface area contributed by atoms with Crippen molar-refractivity contribution >= 4 is 23.4 Å². The van der Waals surface area contributed by atoms with Crippen LogP contribution in [0.1, 0.15) is 18.4 Å². The maximum Gasteiger partial charge on any atom is 0.240 e. The van der Waals surface area contributed by atoms with Crippen molar-refractivity contribution < 1.29 is 19.1 Å². The summed E-state index contributed by atoms with van der Waals surface area (Å²) in [5, 5.41) is 0. The lowest BCUT2D eigenvalue weighted by molar-refractivity contribution is -0.141. The molecule has 3 amide bonds. The molecular formula is C24H27N3O4. The normalized spacial score (nSPS) is 21.5. The van der Waals surface area contributed by atoms with E-state index in [1.807, 2.05) is 18.2 Å². The van der Waals surface area contributed by atoms with Gasteiger partial charge in [-0.15, -0.1) is 0 Å². The summed E-state index contributed by atoms with van der Waals surface area (Å²) >= 11 is 0. The van der Waals surface area contributed by atoms with Gasteiger partial charge < -0.3 is 14.5 Å². The molecule has 4 rings (SSSR count). The molecule has 2 aliphatic heterocycles. The third-order valence-corrected chi connectivity index (χ3v) is 6.37. The Morgan fingerprint density at radius 2 is 1.71 bits per heavy atom. The molecule has 2 aromatic carbocycles. The number of ether oxygens (including phenoxy) is 1. The Morgan fingerprint density at radius 1 is 1.00 bits per heavy atom. The lowest BCUT2D eigenvalue weighted by atomic mass is 9.75. The third-order valence-electron chi connectivity index (χ3n) is 6.37. The maximum atomic E-state index is 13.3. The molecule has 1 atom stereocenters. The lowest BCUT2D eigenvalue weighted by Crippen LogP contribution is -2.51. The molecule has 7 nitrogen and oxygen atoms in total. The van der Waals surface area contributed by atoms with E-state index in [9.17, 15) is 14.4 Å². The minimum Gasteiger partial charge on any atom is -0.497 e. The Kier molecular flexibility index (Phi) is 5.67. The van der Waals surface area contributed by atoms with Gasteiger partial charge >= 0.3 is 0 Å². The summed E-state index contributed by atoms with van der Waals surface area (Å²) in [4.78, 5) is 44.1. The van der Waals surface area contributed by atoms with Gasteiger partial charge in [-0.2, -0.15) is 0 Å². The number of imide groups is 1. The number of likely N-dealkylation sites (N-methyl/N-ethyl adjacent to an activating group) is 1. The summed E-state index contributed by atoms with van der Waals surface area (Å²) in [5.41, 5.74) is 0.597. The predicted molar refractivity (Wildman–Crippen MR) is 117 cm³/mol. The van der Waals surface area contributed by atoms with E-state index in [4.69, 9.17) is 4.74 Å². The molecule has 0 N–H and O–H groups in total. The van der Waals surface area contributed by atoms with E-state index in [1.165, 1.54) is 7.05 Å². The summed E-state index contributed by atoms with van der Waals surface area (Å²) in [7, 11) is 3.03. The molecule has 2 aromatic rings. The van der Waals surface area contributed by atoms with Gasteiger partial charge in [0.15, 0.2) is 0 Å². The highest BCUT2D eigenvalue weighted by molar-refractivity contribution is 6.10. The average Bonchev–Trinajstić information content (AvgIpc) is 3.04. The van der Waals surface area contributed by atoms with Crippen LogP contribution in [0, 0.1) is 0 Å². The standard InChI is InChI=1S/C24H27N3O4/c1-25-21(28)16-24(23(25)30,18-7-6-10-20(15-18)31-2)17-22(29)27-13-11-26(12-14-27)19-8-4-3-5-9-19/h3-10,15H,11-14,16-17H2,1-2H3/t24-/m1/s1. The Balaban J connectivity index is 1.53. The minimum absolute atomic E-state index is 0.00871. The smallest absolute Gasteiger partial charge is 0.240 e. The van der Waals surface area contributed by atoms with Gasteiger partial charge in [0.25, 0.3) is 0 Å². The van der Waals surface area contributed by atoms with Crippen LogP contribution in [0.2, 0.25) is 0 Å². The number of benzene rings is 2. The SMILES string of the molecule is COc1cccc([C@]2(CC(=O)N3CCN(c4ccccc4)CC3)CC(=O)N(C)C2=O)c1. The number of rotatable bonds is 5. The molecule has 2 heterocycles. The Labute approximate surface area is 182 Å². The van der Waals surface area contributed by atoms with Crippen LogP contribution >= 0.6 is 0 Å². The summed E-state index contributed by atoms with van der Waals surface area (Å²) in [6.07, 6.45) is -0.0361. The summed E-state index contributed by atoms with van der Waals surface area (Å²) in [6, 6.07) is 17.2. The van der Waals surface area contributed by atoms with Crippen molar-refractivity contribution in [3.05, 3.63) is 60.2 Å². The van der Waals surface area contributed by atoms with Crippen LogP contribution in [0.4, 0.5) is 5.69 Å². The van der Waals surface area contributed by atoms with Crippen molar-refractivity contribution in [1.29, 1.82) is 0 Å². The predicted octanol–water partition coefficient (Wildman–Crippen LogP) is 2.06. The lowest BCUT2D eigenvalue weighted by Gasteiger charge is -2.37. The molecule has 0 unspecified atom stereocenters. The number of nitrogens with zero attached hydrogens (tertiary/aromatic N) is 3. The zero-order valence-corrected chi connectivity index (χ0v) is 17.9. The number of carbonyl (C=O) groups is 3. The van der Waals surface area contributed by atoms with E-state index >= 15 is 0 Å². The van der Waals surface area contributed by atoms with Gasteiger partial charge in [0.05, 0.1) is 12.5 Å². The molecule has 0 aromatic heterocycles. The van der Waals surface area contributed by atoms with Crippen molar-refractivity contribution in [2.75, 3.05) is 45.2 Å². The number of hydrogen-bond acceptors (Lipinski definition) is 5. The first-order valence-corrected chi connectivity index (χ1v) is 10.5. The van der Waals surface area contributed by atoms with E-state index in [2.05, 4.69) is 17.0 Å². The fourth-order valence-corrected chi connectivity index (χ4v) is 4.50. The molecule has 162 valence electrons. The van der Waals surface area contributed by atoms with Crippen LogP contribution in [-0.2, 0) is 19.8 Å². The Bertz CT molecular complexity index is 985. The molecule has 0 bridgehead atoms. The van der Waals surface area contributed by atoms with Crippen LogP contribution in [0.3, 0.4) is 0 Å². The number of piperazine rings is 1. The van der Waals surface area contributed by atoms with E-state index in [1.54, 1.807) is 36.3 Å². The Morgan fingerprint density at radius 3 is 2.32 bits per heavy atom. The van der Waals surface area contributed by atoms with Crippen LogP contribution in [0.15, 0.2) is 54.6 Å². The van der Waals surface area contributed by atoms with Crippen LogP contribution in [0.5, 0.6) is 5.75 Å². The first-order chi connectivity index (χ1) is 14.9. The van der Waals surface area contributed by atoms with Crippen molar-refractivity contribution in [1.82, 2.24) is 9.80 Å². The van der Waals surface area contributed by atoms with E-state index < -0.39 is 5.41 Å². The number of anilines is 1. The summed E-state index contributed by atoms with van der Waals surface area (Å²) < 4.78 is 5.31. The van der Waals surface area contributed by atoms with Gasteiger partial charge in [0.1, 0.15) is 5.75 Å². The van der Waals surface area contributed by atoms with Crippen LogP contribution < -0.4 is 9.64 Å². The number of para-hydroxylation sites is 1. The van der Waals surface area contributed by atoms with Crippen molar-refractivity contribution in [3.8, 4) is 5.75 Å². The second-order valence-electron chi connectivity index (χ2n) is 8.13. The molecule has 0 radical (unpaired) electrons. The molecular weight excluding hydrogens is 394 g/mol. The topological polar surface area (TPSA) is 70.2 Å². The number of likely N-dealkylation sites (tertiary alicyclic amines) is 1. The quantitative estimate of drug-likeness (QED) is 0.692. The van der Waals surface area contributed by atoms with Crippen molar-refractivity contribution in [3.63, 3.8) is 0 Å². The molecule has 2 saturated heterocycles. The first kappa shape index (κ1) is 20.9. The van der Waals surface area contributed by atoms with E-state index in [0.717, 1.165) is 23.7 Å². The van der Waals surface area contributed by atoms with Crippen molar-refractivity contribution in [2.24, 2.45) is 0 Å². The second-order valence-corrected chi connectivity index (χ2v) is 8.13. The highest BCUT2D eigenvalue weighted by Gasteiger charge is 2.53. The van der Waals surface area contributed by atoms with Crippen molar-refractivity contribution in [2.45, 2.75) is 18.3 Å². The highest BCUT2D eigenvalue weighted by atomic mass is 16.5. The molecule has 0 saturated carbocycles. The molecule has 2 aliphatic rings. The van der Waals surface area contributed by atoms with Gasteiger partial charge in [0, 0.05) is 51.8 Å². The molecule has 31 heavy (non-hydrogen) atoms. The first-order valence-electron chi connectivity index (χ1n) is 10.5. The fourth-order valence-electron chi connectivity index (χ4n) is 4.50. The zero-order valence-electron chi connectivity index (χ0n) is 17.9. The fraction of sp³-hybridized carbons (Fsp3) is 0.375.